The Morgan fingerprint density at radius 1 is 1.26 bits per heavy atom. The lowest BCUT2D eigenvalue weighted by atomic mass is 9.63. The number of amides is 1. The number of piperidine rings is 1. The quantitative estimate of drug-likeness (QED) is 0.744. The molecule has 5 heteroatoms. The molecule has 2 heterocycles. The second kappa shape index (κ2) is 7.61. The van der Waals surface area contributed by atoms with Gasteiger partial charge in [-0.3, -0.25) is 4.79 Å². The zero-order valence-electron chi connectivity index (χ0n) is 16.0. The van der Waals surface area contributed by atoms with Gasteiger partial charge in [0.25, 0.3) is 0 Å². The Kier molecular flexibility index (Phi) is 5.36. The lowest BCUT2D eigenvalue weighted by molar-refractivity contribution is -0.126. The average Bonchev–Trinajstić information content (AvgIpc) is 3.14. The first-order valence-electron chi connectivity index (χ1n) is 10.1. The average molecular weight is 387 g/mol. The summed E-state index contributed by atoms with van der Waals surface area (Å²) in [6, 6.07) is 8.87. The molecule has 4 rings (SSSR count). The predicted octanol–water partition coefficient (Wildman–Crippen LogP) is 2.98. The number of aliphatic hydroxyl groups is 1. The van der Waals surface area contributed by atoms with E-state index in [9.17, 15) is 9.90 Å². The fourth-order valence-corrected chi connectivity index (χ4v) is 6.44. The van der Waals surface area contributed by atoms with Crippen molar-refractivity contribution in [2.24, 2.45) is 23.5 Å². The van der Waals surface area contributed by atoms with Gasteiger partial charge in [-0.15, -0.1) is 11.8 Å². The smallest absolute Gasteiger partial charge is 0.234 e. The van der Waals surface area contributed by atoms with Crippen LogP contribution in [0.25, 0.3) is 0 Å². The van der Waals surface area contributed by atoms with Crippen LogP contribution in [0.4, 0.5) is 0 Å². The van der Waals surface area contributed by atoms with E-state index >= 15 is 0 Å². The maximum atomic E-state index is 12.4. The van der Waals surface area contributed by atoms with Crippen LogP contribution < -0.4 is 11.1 Å². The van der Waals surface area contributed by atoms with Crippen molar-refractivity contribution in [2.45, 2.75) is 55.9 Å². The standard InChI is InChI=1S/C22H30N2O2S/c1-12(2)16(11-23)13-3-5-14(6-4-13)19-18(25)8-7-17-20(19)15-9-10-27-21(15)22(26)24-17/h3-6,9-10,12,15-21,25H,7-8,11,23H2,1-2H3,(H,24,26). The SMILES string of the molecule is CC(C)C(CN)c1ccc(C2C(O)CCC3NC(=O)C4SC=CC4C32)cc1. The Hall–Kier alpha value is -1.30. The molecule has 1 aromatic carbocycles. The van der Waals surface area contributed by atoms with Crippen molar-refractivity contribution in [3.05, 3.63) is 46.9 Å². The summed E-state index contributed by atoms with van der Waals surface area (Å²) in [5.74, 6) is 1.54. The normalized spacial score (nSPS) is 36.3. The van der Waals surface area contributed by atoms with Crippen LogP contribution in [0.15, 0.2) is 35.7 Å². The number of benzene rings is 1. The highest BCUT2D eigenvalue weighted by Crippen LogP contribution is 2.50. The number of allylic oxidation sites excluding steroid dienone is 1. The number of fused-ring (bicyclic) bond motifs is 3. The van der Waals surface area contributed by atoms with Crippen LogP contribution in [-0.2, 0) is 4.79 Å². The first kappa shape index (κ1) is 19.0. The molecule has 0 radical (unpaired) electrons. The molecule has 0 bridgehead atoms. The monoisotopic (exact) mass is 386 g/mol. The van der Waals surface area contributed by atoms with Crippen LogP contribution in [0.2, 0.25) is 0 Å². The van der Waals surface area contributed by atoms with Crippen LogP contribution in [0.1, 0.15) is 49.7 Å². The van der Waals surface area contributed by atoms with E-state index in [4.69, 9.17) is 5.73 Å². The Morgan fingerprint density at radius 2 is 2.00 bits per heavy atom. The second-order valence-corrected chi connectivity index (χ2v) is 9.63. The predicted molar refractivity (Wildman–Crippen MR) is 110 cm³/mol. The molecule has 1 aliphatic carbocycles. The largest absolute Gasteiger partial charge is 0.392 e. The zero-order chi connectivity index (χ0) is 19.1. The molecule has 146 valence electrons. The Labute approximate surface area is 166 Å². The van der Waals surface area contributed by atoms with Crippen molar-refractivity contribution in [3.63, 3.8) is 0 Å². The minimum atomic E-state index is -0.359. The lowest BCUT2D eigenvalue weighted by Gasteiger charge is -2.48. The minimum absolute atomic E-state index is 0.0408. The number of nitrogens with two attached hydrogens (primary N) is 1. The fourth-order valence-electron chi connectivity index (χ4n) is 5.35. The summed E-state index contributed by atoms with van der Waals surface area (Å²) in [6.45, 7) is 5.05. The topological polar surface area (TPSA) is 75.3 Å². The van der Waals surface area contributed by atoms with Gasteiger partial charge in [-0.2, -0.15) is 0 Å². The molecule has 1 amide bonds. The summed E-state index contributed by atoms with van der Waals surface area (Å²) >= 11 is 1.61. The van der Waals surface area contributed by atoms with Crippen molar-refractivity contribution in [1.29, 1.82) is 0 Å². The minimum Gasteiger partial charge on any atom is -0.392 e. The van der Waals surface area contributed by atoms with Gasteiger partial charge in [-0.05, 0) is 53.7 Å². The summed E-state index contributed by atoms with van der Waals surface area (Å²) in [5.41, 5.74) is 8.43. The molecular formula is C22H30N2O2S. The molecule has 0 spiro atoms. The third-order valence-electron chi connectivity index (χ3n) is 6.78. The number of thioether (sulfide) groups is 1. The van der Waals surface area contributed by atoms with Gasteiger partial charge in [-0.1, -0.05) is 44.2 Å². The molecule has 2 aliphatic heterocycles. The number of hydrogen-bond donors (Lipinski definition) is 3. The second-order valence-electron chi connectivity index (χ2n) is 8.58. The van der Waals surface area contributed by atoms with Crippen LogP contribution in [0.5, 0.6) is 0 Å². The molecule has 1 aromatic rings. The Balaban J connectivity index is 1.65. The molecule has 2 fully saturated rings. The summed E-state index contributed by atoms with van der Waals surface area (Å²) in [5, 5.41) is 16.2. The maximum Gasteiger partial charge on any atom is 0.234 e. The van der Waals surface area contributed by atoms with E-state index in [0.29, 0.717) is 18.4 Å². The number of carbonyl (C=O) groups is 1. The van der Waals surface area contributed by atoms with Gasteiger partial charge >= 0.3 is 0 Å². The van der Waals surface area contributed by atoms with E-state index in [1.807, 2.05) is 0 Å². The molecule has 4 N–H and O–H groups in total. The number of nitrogens with one attached hydrogen (secondary N) is 1. The van der Waals surface area contributed by atoms with Crippen LogP contribution in [0.3, 0.4) is 0 Å². The van der Waals surface area contributed by atoms with Crippen LogP contribution in [0, 0.1) is 17.8 Å². The van der Waals surface area contributed by atoms with Gasteiger partial charge in [0.05, 0.1) is 11.4 Å². The van der Waals surface area contributed by atoms with E-state index in [2.05, 4.69) is 54.9 Å². The summed E-state index contributed by atoms with van der Waals surface area (Å²) in [4.78, 5) is 12.4. The molecular weight excluding hydrogens is 356 g/mol. The van der Waals surface area contributed by atoms with Gasteiger partial charge in [0.2, 0.25) is 5.91 Å². The molecule has 3 aliphatic rings. The van der Waals surface area contributed by atoms with Gasteiger partial charge in [0, 0.05) is 17.9 Å². The number of aliphatic hydroxyl groups excluding tert-OH is 1. The number of hydrogen-bond acceptors (Lipinski definition) is 4. The molecule has 1 saturated carbocycles. The van der Waals surface area contributed by atoms with Gasteiger partial charge in [-0.25, -0.2) is 0 Å². The molecule has 0 aromatic heterocycles. The molecule has 7 unspecified atom stereocenters. The van der Waals surface area contributed by atoms with E-state index in [-0.39, 0.29) is 41.1 Å². The molecule has 7 atom stereocenters. The van der Waals surface area contributed by atoms with Crippen LogP contribution >= 0.6 is 11.8 Å². The van der Waals surface area contributed by atoms with Gasteiger partial charge in [0.15, 0.2) is 0 Å². The van der Waals surface area contributed by atoms with Crippen molar-refractivity contribution in [1.82, 2.24) is 5.32 Å². The van der Waals surface area contributed by atoms with E-state index < -0.39 is 0 Å². The van der Waals surface area contributed by atoms with Crippen molar-refractivity contribution >= 4 is 17.7 Å². The first-order valence-corrected chi connectivity index (χ1v) is 11.1. The third-order valence-corrected chi connectivity index (χ3v) is 7.92. The van der Waals surface area contributed by atoms with E-state index in [1.54, 1.807) is 11.8 Å². The summed E-state index contributed by atoms with van der Waals surface area (Å²) in [7, 11) is 0. The molecule has 27 heavy (non-hydrogen) atoms. The van der Waals surface area contributed by atoms with Crippen molar-refractivity contribution in [2.75, 3.05) is 6.54 Å². The van der Waals surface area contributed by atoms with E-state index in [0.717, 1.165) is 12.8 Å². The molecule has 4 nitrogen and oxygen atoms in total. The highest BCUT2D eigenvalue weighted by atomic mass is 32.2. The summed E-state index contributed by atoms with van der Waals surface area (Å²) < 4.78 is 0. The van der Waals surface area contributed by atoms with Gasteiger partial charge < -0.3 is 16.2 Å². The van der Waals surface area contributed by atoms with Gasteiger partial charge in [0.1, 0.15) is 0 Å². The first-order chi connectivity index (χ1) is 13.0. The van der Waals surface area contributed by atoms with E-state index in [1.165, 1.54) is 11.1 Å². The zero-order valence-corrected chi connectivity index (χ0v) is 16.9. The Morgan fingerprint density at radius 3 is 2.67 bits per heavy atom. The fraction of sp³-hybridized carbons (Fsp3) is 0.591. The highest BCUT2D eigenvalue weighted by Gasteiger charge is 2.51. The van der Waals surface area contributed by atoms with Crippen LogP contribution in [-0.4, -0.2) is 35.0 Å². The lowest BCUT2D eigenvalue weighted by Crippen LogP contribution is -2.59. The molecule has 1 saturated heterocycles. The number of rotatable bonds is 4. The maximum absolute atomic E-state index is 12.4. The highest BCUT2D eigenvalue weighted by molar-refractivity contribution is 8.03. The van der Waals surface area contributed by atoms with Crippen molar-refractivity contribution in [3.8, 4) is 0 Å². The summed E-state index contributed by atoms with van der Waals surface area (Å²) in [6.07, 6.45) is 3.42. The number of carbonyl (C=O) groups excluding carboxylic acids is 1. The third kappa shape index (κ3) is 3.34. The Bertz CT molecular complexity index is 718. The van der Waals surface area contributed by atoms with Crippen molar-refractivity contribution < 1.29 is 9.90 Å².